The van der Waals surface area contributed by atoms with Gasteiger partial charge in [-0.2, -0.15) is 4.98 Å². The number of ether oxygens (including phenoxy) is 1. The second-order valence-corrected chi connectivity index (χ2v) is 18.6. The summed E-state index contributed by atoms with van der Waals surface area (Å²) in [7, 11) is 3.28. The lowest BCUT2D eigenvalue weighted by Gasteiger charge is -2.56. The number of fused-ring (bicyclic) bond motifs is 1. The van der Waals surface area contributed by atoms with Crippen molar-refractivity contribution >= 4 is 52.5 Å². The second kappa shape index (κ2) is 17.6. The molecule has 338 valence electrons. The van der Waals surface area contributed by atoms with E-state index in [-0.39, 0.29) is 54.3 Å². The fourth-order valence-corrected chi connectivity index (χ4v) is 10.7. The number of aliphatic hydroxyl groups excluding tert-OH is 1. The maximum Gasteiger partial charge on any atom is 0.251 e. The molecule has 15 nitrogen and oxygen atoms in total. The maximum absolute atomic E-state index is 15.3. The summed E-state index contributed by atoms with van der Waals surface area (Å²) in [6.07, 6.45) is 7.08. The Hall–Kier alpha value is -5.42. The maximum atomic E-state index is 15.3. The lowest BCUT2D eigenvalue weighted by atomic mass is 9.62. The highest BCUT2D eigenvalue weighted by atomic mass is 19.1. The average Bonchev–Trinajstić information content (AvgIpc) is 3.71. The lowest BCUT2D eigenvalue weighted by Crippen LogP contribution is -2.62. The van der Waals surface area contributed by atoms with E-state index in [4.69, 9.17) is 9.72 Å². The molecule has 0 bridgehead atoms. The van der Waals surface area contributed by atoms with Gasteiger partial charge < -0.3 is 40.1 Å². The van der Waals surface area contributed by atoms with Gasteiger partial charge in [0, 0.05) is 81.2 Å². The predicted octanol–water partition coefficient (Wildman–Crippen LogP) is 5.25. The first kappa shape index (κ1) is 44.2. The lowest BCUT2D eigenvalue weighted by molar-refractivity contribution is -0.134. The van der Waals surface area contributed by atoms with Crippen LogP contribution < -0.4 is 35.4 Å². The van der Waals surface area contributed by atoms with Crippen molar-refractivity contribution in [3.05, 3.63) is 59.3 Å². The molecule has 1 unspecified atom stereocenters. The summed E-state index contributed by atoms with van der Waals surface area (Å²) in [6.45, 7) is 10.1. The third-order valence-corrected chi connectivity index (χ3v) is 14.1. The van der Waals surface area contributed by atoms with Crippen LogP contribution >= 0.6 is 0 Å². The normalized spacial score (nSPS) is 23.2. The molecule has 3 aromatic rings. The van der Waals surface area contributed by atoms with Gasteiger partial charge >= 0.3 is 0 Å². The Kier molecular flexibility index (Phi) is 12.4. The number of benzene rings is 2. The number of nitrogens with one attached hydrogen (secondary N) is 3. The minimum absolute atomic E-state index is 0.00295. The quantitative estimate of drug-likeness (QED) is 0.165. The molecule has 3 saturated heterocycles. The average molecular weight is 872 g/mol. The first-order valence-corrected chi connectivity index (χ1v) is 22.3. The summed E-state index contributed by atoms with van der Waals surface area (Å²) in [6, 6.07) is 7.49. The molecule has 5 heterocycles. The SMILES string of the molecule is CC[C@@H]1C(=O)N(C)c2cnc(Nc3ccc(C(=O)NC4(CCO)CCC5(CC4)CN(C[C@@H]4CCN(c6cc(F)c(C7CCC(=O)NC7=O)c(F)c6)C4)C5)cc3OC)nc2N1C(C)C. The molecule has 63 heavy (non-hydrogen) atoms. The van der Waals surface area contributed by atoms with Gasteiger partial charge in [-0.15, -0.1) is 0 Å². The zero-order valence-electron chi connectivity index (χ0n) is 36.8. The Morgan fingerprint density at radius 2 is 1.79 bits per heavy atom. The number of methoxy groups -OCH3 is 1. The van der Waals surface area contributed by atoms with E-state index in [0.29, 0.717) is 72.0 Å². The van der Waals surface area contributed by atoms with Crippen molar-refractivity contribution in [3.63, 3.8) is 0 Å². The number of rotatable bonds is 13. The largest absolute Gasteiger partial charge is 0.495 e. The van der Waals surface area contributed by atoms with Crippen molar-refractivity contribution in [3.8, 4) is 5.75 Å². The highest BCUT2D eigenvalue weighted by Crippen LogP contribution is 2.48. The summed E-state index contributed by atoms with van der Waals surface area (Å²) in [5, 5.41) is 18.9. The van der Waals surface area contributed by atoms with E-state index in [1.807, 2.05) is 30.6 Å². The van der Waals surface area contributed by atoms with Gasteiger partial charge in [0.1, 0.15) is 29.1 Å². The Morgan fingerprint density at radius 3 is 2.44 bits per heavy atom. The van der Waals surface area contributed by atoms with Crippen LogP contribution in [-0.2, 0) is 14.4 Å². The molecule has 17 heteroatoms. The van der Waals surface area contributed by atoms with Gasteiger partial charge in [0.05, 0.1) is 24.9 Å². The Balaban J connectivity index is 0.851. The monoisotopic (exact) mass is 871 g/mol. The van der Waals surface area contributed by atoms with Crippen molar-refractivity contribution in [2.75, 3.05) is 73.5 Å². The van der Waals surface area contributed by atoms with Crippen molar-refractivity contribution in [1.82, 2.24) is 25.5 Å². The summed E-state index contributed by atoms with van der Waals surface area (Å²) >= 11 is 0. The molecule has 3 atom stereocenters. The summed E-state index contributed by atoms with van der Waals surface area (Å²) in [4.78, 5) is 68.3. The number of likely N-dealkylation sites (tertiary alicyclic amines) is 1. The number of hydrogen-bond donors (Lipinski definition) is 4. The number of aromatic nitrogens is 2. The third-order valence-electron chi connectivity index (χ3n) is 14.1. The molecule has 8 rings (SSSR count). The van der Waals surface area contributed by atoms with Crippen LogP contribution in [0.4, 0.5) is 37.6 Å². The number of piperidine rings is 1. The van der Waals surface area contributed by atoms with E-state index < -0.39 is 34.9 Å². The Labute approximate surface area is 366 Å². The predicted molar refractivity (Wildman–Crippen MR) is 234 cm³/mol. The number of carbonyl (C=O) groups excluding carboxylic acids is 4. The Bertz CT molecular complexity index is 2240. The molecule has 1 spiro atoms. The third kappa shape index (κ3) is 8.65. The molecule has 0 radical (unpaired) electrons. The van der Waals surface area contributed by atoms with Crippen LogP contribution in [0.15, 0.2) is 36.5 Å². The van der Waals surface area contributed by atoms with E-state index in [0.717, 1.165) is 51.7 Å². The van der Waals surface area contributed by atoms with Crippen molar-refractivity contribution in [2.45, 2.75) is 102 Å². The second-order valence-electron chi connectivity index (χ2n) is 18.6. The molecule has 5 aliphatic rings. The molecule has 1 aromatic heterocycles. The molecule has 4 aliphatic heterocycles. The molecule has 1 saturated carbocycles. The standard InChI is InChI=1S/C46H59F2N9O6/c1-6-35-43(62)54(4)36-22-49-44(52-40(36)57(35)27(2)3)50-34-9-7-29(19-37(34)63-5)41(60)53-46(16-18-58)14-12-45(13-15-46)25-55(26-45)23-28-11-17-56(24-28)30-20-32(47)39(33(48)21-30)31-8-10-38(59)51-42(31)61/h7,9,19-22,27-28,31,35,58H,6,8,10-18,23-26H2,1-5H3,(H,53,60)(H,49,50,52)(H,51,59,61)/t28-,31?,35+/m0/s1. The van der Waals surface area contributed by atoms with E-state index in [2.05, 4.69) is 25.8 Å². The van der Waals surface area contributed by atoms with Gasteiger partial charge in [-0.25, -0.2) is 13.8 Å². The van der Waals surface area contributed by atoms with Gasteiger partial charge in [0.25, 0.3) is 5.91 Å². The van der Waals surface area contributed by atoms with Gasteiger partial charge in [0.15, 0.2) is 5.82 Å². The van der Waals surface area contributed by atoms with Crippen LogP contribution in [0.2, 0.25) is 0 Å². The molecule has 1 aliphatic carbocycles. The van der Waals surface area contributed by atoms with Crippen molar-refractivity contribution in [1.29, 1.82) is 0 Å². The fraction of sp³-hybridized carbons (Fsp3) is 0.565. The van der Waals surface area contributed by atoms with Crippen molar-refractivity contribution < 1.29 is 37.8 Å². The first-order chi connectivity index (χ1) is 30.2. The van der Waals surface area contributed by atoms with Gasteiger partial charge in [0.2, 0.25) is 23.7 Å². The smallest absolute Gasteiger partial charge is 0.251 e. The number of anilines is 5. The summed E-state index contributed by atoms with van der Waals surface area (Å²) in [5.74, 6) is -2.13. The molecular formula is C46H59F2N9O6. The van der Waals surface area contributed by atoms with Crippen LogP contribution in [0.25, 0.3) is 0 Å². The first-order valence-electron chi connectivity index (χ1n) is 22.3. The number of halogens is 2. The van der Waals surface area contributed by atoms with Gasteiger partial charge in [-0.05, 0) is 107 Å². The van der Waals surface area contributed by atoms with Gasteiger partial charge in [-0.3, -0.25) is 24.5 Å². The number of amides is 4. The van der Waals surface area contributed by atoms with E-state index >= 15 is 8.78 Å². The van der Waals surface area contributed by atoms with Crippen LogP contribution in [0.3, 0.4) is 0 Å². The highest BCUT2D eigenvalue weighted by molar-refractivity contribution is 6.04. The molecule has 2 aromatic carbocycles. The molecule has 4 fully saturated rings. The van der Waals surface area contributed by atoms with Crippen LogP contribution in [-0.4, -0.2) is 115 Å². The topological polar surface area (TPSA) is 173 Å². The zero-order chi connectivity index (χ0) is 44.8. The Morgan fingerprint density at radius 1 is 1.06 bits per heavy atom. The fourth-order valence-electron chi connectivity index (χ4n) is 10.7. The van der Waals surface area contributed by atoms with E-state index in [1.165, 1.54) is 19.2 Å². The minimum atomic E-state index is -1.02. The number of imide groups is 1. The number of carbonyl (C=O) groups is 4. The van der Waals surface area contributed by atoms with Crippen LogP contribution in [0.5, 0.6) is 5.75 Å². The highest BCUT2D eigenvalue weighted by Gasteiger charge is 2.50. The summed E-state index contributed by atoms with van der Waals surface area (Å²) < 4.78 is 36.3. The minimum Gasteiger partial charge on any atom is -0.495 e. The molecule has 4 N–H and O–H groups in total. The van der Waals surface area contributed by atoms with Gasteiger partial charge in [-0.1, -0.05) is 6.92 Å². The van der Waals surface area contributed by atoms with Crippen molar-refractivity contribution in [2.24, 2.45) is 11.3 Å². The van der Waals surface area contributed by atoms with E-state index in [1.54, 1.807) is 36.3 Å². The number of nitrogens with zero attached hydrogens (tertiary/aromatic N) is 6. The number of hydrogen-bond acceptors (Lipinski definition) is 12. The molecular weight excluding hydrogens is 813 g/mol. The van der Waals surface area contributed by atoms with Crippen LogP contribution in [0, 0.1) is 23.0 Å². The molecule has 4 amide bonds. The number of likely N-dealkylation sites (N-methyl/N-ethyl adjacent to an activating group) is 1. The zero-order valence-corrected chi connectivity index (χ0v) is 36.8. The number of aliphatic hydroxyl groups is 1. The van der Waals surface area contributed by atoms with Crippen LogP contribution in [0.1, 0.15) is 100 Å². The van der Waals surface area contributed by atoms with E-state index in [9.17, 15) is 24.3 Å². The summed E-state index contributed by atoms with van der Waals surface area (Å²) in [5.41, 5.74) is 1.41.